The Labute approximate surface area is 105 Å². The van der Waals surface area contributed by atoms with Crippen molar-refractivity contribution < 1.29 is 9.59 Å². The van der Waals surface area contributed by atoms with Crippen LogP contribution in [0.15, 0.2) is 0 Å². The van der Waals surface area contributed by atoms with Gasteiger partial charge in [0.15, 0.2) is 11.1 Å². The third kappa shape index (κ3) is 19.0. The fourth-order valence-electron chi connectivity index (χ4n) is 0. The van der Waals surface area contributed by atoms with Crippen LogP contribution >= 0.6 is 0 Å². The predicted octanol–water partition coefficient (Wildman–Crippen LogP) is -0.382. The summed E-state index contributed by atoms with van der Waals surface area (Å²) in [6.45, 7) is 7.62. The molecule has 0 aliphatic carbocycles. The van der Waals surface area contributed by atoms with Crippen molar-refractivity contribution in [3.63, 3.8) is 0 Å². The van der Waals surface area contributed by atoms with Crippen LogP contribution in [-0.2, 0) is 0 Å². The Morgan fingerprint density at radius 1 is 0.846 bits per heavy atom. The molecule has 0 fully saturated rings. The van der Waals surface area contributed by atoms with Gasteiger partial charge in [-0.15, -0.1) is 0 Å². The van der Waals surface area contributed by atoms with Crippen LogP contribution in [0, 0.1) is 0 Å². The first-order valence-corrected chi connectivity index (χ1v) is 9.65. The van der Waals surface area contributed by atoms with E-state index in [9.17, 15) is 9.59 Å². The first kappa shape index (κ1) is 19.0. The quantitative estimate of drug-likeness (QED) is 0.634. The second-order valence-electron chi connectivity index (χ2n) is 3.11. The Kier molecular flexibility index (Phi) is 15.3. The molecule has 0 saturated heterocycles. The van der Waals surface area contributed by atoms with E-state index in [0.29, 0.717) is 0 Å². The van der Waals surface area contributed by atoms with Crippen molar-refractivity contribution in [1.82, 2.24) is 0 Å². The van der Waals surface area contributed by atoms with Gasteiger partial charge in [-0.2, -0.15) is 0 Å². The molecule has 13 heavy (non-hydrogen) atoms. The van der Waals surface area contributed by atoms with Gasteiger partial charge in [-0.1, -0.05) is 26.2 Å². The predicted molar refractivity (Wildman–Crippen MR) is 64.1 cm³/mol. The van der Waals surface area contributed by atoms with E-state index in [2.05, 4.69) is 0 Å². The molecule has 0 rings (SSSR count). The van der Waals surface area contributed by atoms with Crippen LogP contribution in [0.3, 0.4) is 0 Å². The third-order valence-electron chi connectivity index (χ3n) is 1.14. The van der Waals surface area contributed by atoms with E-state index < -0.39 is 17.6 Å². The molecule has 0 aliphatic heterocycles. The van der Waals surface area contributed by atoms with Crippen LogP contribution in [-0.4, -0.2) is 58.2 Å². The van der Waals surface area contributed by atoms with Crippen LogP contribution in [0.1, 0.15) is 0 Å². The van der Waals surface area contributed by atoms with Gasteiger partial charge < -0.3 is 11.5 Å². The third-order valence-corrected chi connectivity index (χ3v) is 3.41. The summed E-state index contributed by atoms with van der Waals surface area (Å²) in [5.74, 6) is 0. The van der Waals surface area contributed by atoms with E-state index in [0.717, 1.165) is 0 Å². The average molecular weight is 230 g/mol. The van der Waals surface area contributed by atoms with E-state index in [-0.39, 0.29) is 40.6 Å². The van der Waals surface area contributed by atoms with Crippen molar-refractivity contribution in [2.24, 2.45) is 11.5 Å². The van der Waals surface area contributed by atoms with Gasteiger partial charge in [0.05, 0.1) is 0 Å². The normalized spacial score (nSPS) is 8.46. The Balaban J connectivity index is -0.000000143. The standard InChI is InChI=1S/2C3H9NOSi.Na.H/c2*1-6(2)3(4)5;;/h2*6H,1-2H3,(H2,4,5);;. The van der Waals surface area contributed by atoms with Gasteiger partial charge in [0, 0.05) is 0 Å². The number of nitrogens with two attached hydrogens (primary N) is 2. The monoisotopic (exact) mass is 230 g/mol. The molecule has 2 amide bonds. The maximum absolute atomic E-state index is 9.98. The number of rotatable bonds is 2. The van der Waals surface area contributed by atoms with E-state index >= 15 is 0 Å². The van der Waals surface area contributed by atoms with Gasteiger partial charge in [0.25, 0.3) is 0 Å². The SMILES string of the molecule is C[SiH](C)C(N)=O.C[SiH](C)C(N)=O.[NaH]. The number of hydrogen-bond donors (Lipinski definition) is 2. The van der Waals surface area contributed by atoms with E-state index in [4.69, 9.17) is 11.5 Å². The van der Waals surface area contributed by atoms with Gasteiger partial charge in [-0.25, -0.2) is 0 Å². The molecule has 4 N–H and O–H groups in total. The Morgan fingerprint density at radius 3 is 0.923 bits per heavy atom. The molecule has 0 spiro atoms. The molecular formula is C6H19N2NaO2Si2. The summed E-state index contributed by atoms with van der Waals surface area (Å²) >= 11 is 0. The van der Waals surface area contributed by atoms with Crippen LogP contribution in [0.5, 0.6) is 0 Å². The van der Waals surface area contributed by atoms with Crippen molar-refractivity contribution in [3.05, 3.63) is 0 Å². The molecule has 0 heterocycles. The first-order chi connectivity index (χ1) is 5.29. The van der Waals surface area contributed by atoms with Gasteiger partial charge in [0.2, 0.25) is 0 Å². The van der Waals surface area contributed by atoms with Gasteiger partial charge in [-0.3, -0.25) is 9.59 Å². The minimum atomic E-state index is -1.10. The second-order valence-corrected chi connectivity index (χ2v) is 8.87. The fourth-order valence-corrected chi connectivity index (χ4v) is 0. The number of hydrogen-bond acceptors (Lipinski definition) is 2. The molecule has 0 aromatic heterocycles. The first-order valence-electron chi connectivity index (χ1n) is 3.87. The van der Waals surface area contributed by atoms with Gasteiger partial charge in [-0.05, 0) is 0 Å². The fraction of sp³-hybridized carbons (Fsp3) is 0.667. The van der Waals surface area contributed by atoms with Crippen LogP contribution in [0.25, 0.3) is 0 Å². The molecule has 0 atom stereocenters. The summed E-state index contributed by atoms with van der Waals surface area (Å²) < 4.78 is 0. The average Bonchev–Trinajstić information content (AvgIpc) is 1.88. The molecule has 0 aliphatic rings. The molecule has 0 radical (unpaired) electrons. The molecule has 0 saturated carbocycles. The zero-order chi connectivity index (χ0) is 10.3. The molecule has 74 valence electrons. The van der Waals surface area contributed by atoms with E-state index in [1.807, 2.05) is 26.2 Å². The number of carbonyl (C=O) groups excluding carboxylic acids is 2. The van der Waals surface area contributed by atoms with Crippen molar-refractivity contribution in [2.45, 2.75) is 26.2 Å². The molecule has 0 aromatic rings. The number of amides is 2. The zero-order valence-electron chi connectivity index (χ0n) is 8.13. The summed E-state index contributed by atoms with van der Waals surface area (Å²) in [7, 11) is -2.21. The number of carbonyl (C=O) groups is 2. The second kappa shape index (κ2) is 10.5. The molecule has 4 nitrogen and oxygen atoms in total. The van der Waals surface area contributed by atoms with Crippen LogP contribution in [0.2, 0.25) is 26.2 Å². The van der Waals surface area contributed by atoms with Gasteiger partial charge in [0.1, 0.15) is 17.6 Å². The van der Waals surface area contributed by atoms with E-state index in [1.54, 1.807) is 0 Å². The Hall–Kier alpha value is 0.374. The summed E-state index contributed by atoms with van der Waals surface area (Å²) in [5.41, 5.74) is 9.51. The van der Waals surface area contributed by atoms with Crippen molar-refractivity contribution >= 4 is 58.2 Å². The summed E-state index contributed by atoms with van der Waals surface area (Å²) in [6, 6.07) is 0. The molecule has 0 bridgehead atoms. The van der Waals surface area contributed by atoms with Crippen molar-refractivity contribution in [3.8, 4) is 0 Å². The maximum atomic E-state index is 9.98. The Morgan fingerprint density at radius 2 is 0.923 bits per heavy atom. The topological polar surface area (TPSA) is 86.2 Å². The Bertz CT molecular complexity index is 147. The van der Waals surface area contributed by atoms with Gasteiger partial charge >= 0.3 is 29.6 Å². The molecular weight excluding hydrogens is 211 g/mol. The number of primary amides is 2. The van der Waals surface area contributed by atoms with Crippen molar-refractivity contribution in [2.75, 3.05) is 0 Å². The van der Waals surface area contributed by atoms with Crippen LogP contribution < -0.4 is 11.5 Å². The van der Waals surface area contributed by atoms with E-state index in [1.165, 1.54) is 0 Å². The molecule has 0 aromatic carbocycles. The van der Waals surface area contributed by atoms with Crippen molar-refractivity contribution in [1.29, 1.82) is 0 Å². The summed E-state index contributed by atoms with van der Waals surface area (Å²) in [5, 5.41) is 0. The molecule has 7 heteroatoms. The minimum absolute atomic E-state index is 0. The van der Waals surface area contributed by atoms with Crippen LogP contribution in [0.4, 0.5) is 9.59 Å². The summed E-state index contributed by atoms with van der Waals surface area (Å²) in [4.78, 5) is 20.0. The summed E-state index contributed by atoms with van der Waals surface area (Å²) in [6.07, 6.45) is 0. The molecule has 0 unspecified atom stereocenters. The zero-order valence-corrected chi connectivity index (χ0v) is 10.4.